The second kappa shape index (κ2) is 5.29. The largest absolute Gasteiger partial charge is 0.302 e. The second-order valence-electron chi connectivity index (χ2n) is 4.95. The fourth-order valence-corrected chi connectivity index (χ4v) is 2.30. The van der Waals surface area contributed by atoms with Crippen molar-refractivity contribution in [2.45, 2.75) is 25.8 Å². The van der Waals surface area contributed by atoms with Crippen LogP contribution in [0.5, 0.6) is 0 Å². The Kier molecular flexibility index (Phi) is 3.75. The summed E-state index contributed by atoms with van der Waals surface area (Å²) in [6.07, 6.45) is 3.98. The number of hydrogen-bond donors (Lipinski definition) is 0. The molecule has 0 radical (unpaired) electrons. The van der Waals surface area contributed by atoms with Crippen LogP contribution in [0.3, 0.4) is 0 Å². The lowest BCUT2D eigenvalue weighted by Gasteiger charge is -2.30. The van der Waals surface area contributed by atoms with E-state index < -0.39 is 0 Å². The quantitative estimate of drug-likeness (QED) is 0.798. The number of nitrogens with zero attached hydrogens (tertiary/aromatic N) is 2. The van der Waals surface area contributed by atoms with Crippen LogP contribution in [0.2, 0.25) is 0 Å². The lowest BCUT2D eigenvalue weighted by atomic mass is 9.85. The topological polar surface area (TPSA) is 27.0 Å². The molecule has 1 fully saturated rings. The molecule has 1 aliphatic carbocycles. The molecule has 3 heteroatoms. The van der Waals surface area contributed by atoms with E-state index in [1.807, 2.05) is 6.07 Å². The van der Waals surface area contributed by atoms with Crippen molar-refractivity contribution in [2.75, 3.05) is 13.6 Å². The molecular formula is C14H17FN2. The molecule has 0 heterocycles. The molecule has 0 aliphatic heterocycles. The maximum absolute atomic E-state index is 13.2. The third kappa shape index (κ3) is 3.28. The van der Waals surface area contributed by atoms with Crippen molar-refractivity contribution in [3.63, 3.8) is 0 Å². The molecule has 1 aliphatic rings. The molecule has 0 aromatic heterocycles. The highest BCUT2D eigenvalue weighted by Crippen LogP contribution is 2.27. The van der Waals surface area contributed by atoms with Crippen LogP contribution in [0.1, 0.15) is 30.4 Å². The highest BCUT2D eigenvalue weighted by atomic mass is 19.1. The smallest absolute Gasteiger partial charge is 0.124 e. The van der Waals surface area contributed by atoms with Crippen molar-refractivity contribution >= 4 is 0 Å². The molecular weight excluding hydrogens is 215 g/mol. The minimum absolute atomic E-state index is 0.323. The molecule has 17 heavy (non-hydrogen) atoms. The van der Waals surface area contributed by atoms with Crippen LogP contribution in [0.25, 0.3) is 0 Å². The van der Waals surface area contributed by atoms with E-state index in [-0.39, 0.29) is 5.82 Å². The van der Waals surface area contributed by atoms with Gasteiger partial charge in [-0.25, -0.2) is 4.39 Å². The van der Waals surface area contributed by atoms with Gasteiger partial charge in [-0.1, -0.05) is 6.42 Å². The van der Waals surface area contributed by atoms with Crippen LogP contribution < -0.4 is 0 Å². The van der Waals surface area contributed by atoms with Gasteiger partial charge in [-0.15, -0.1) is 0 Å². The second-order valence-corrected chi connectivity index (χ2v) is 4.95. The lowest BCUT2D eigenvalue weighted by molar-refractivity contribution is 0.200. The van der Waals surface area contributed by atoms with Crippen LogP contribution in [-0.4, -0.2) is 18.5 Å². The van der Waals surface area contributed by atoms with Crippen molar-refractivity contribution in [2.24, 2.45) is 5.92 Å². The summed E-state index contributed by atoms with van der Waals surface area (Å²) >= 11 is 0. The van der Waals surface area contributed by atoms with Gasteiger partial charge in [-0.05, 0) is 49.6 Å². The zero-order valence-electron chi connectivity index (χ0n) is 10.1. The summed E-state index contributed by atoms with van der Waals surface area (Å²) in [5, 5.41) is 8.78. The number of hydrogen-bond acceptors (Lipinski definition) is 2. The summed E-state index contributed by atoms with van der Waals surface area (Å²) in [5.41, 5.74) is 1.28. The van der Waals surface area contributed by atoms with E-state index >= 15 is 0 Å². The Morgan fingerprint density at radius 3 is 2.76 bits per heavy atom. The Bertz CT molecular complexity index is 432. The summed E-state index contributed by atoms with van der Waals surface area (Å²) in [4.78, 5) is 2.21. The minimum atomic E-state index is -0.323. The normalized spacial score (nSPS) is 15.6. The van der Waals surface area contributed by atoms with Gasteiger partial charge in [0.1, 0.15) is 5.82 Å². The average Bonchev–Trinajstić information content (AvgIpc) is 2.22. The molecule has 1 aromatic carbocycles. The molecule has 0 amide bonds. The van der Waals surface area contributed by atoms with Crippen molar-refractivity contribution in [3.05, 3.63) is 35.1 Å². The summed E-state index contributed by atoms with van der Waals surface area (Å²) < 4.78 is 13.2. The Hall–Kier alpha value is -1.40. The van der Waals surface area contributed by atoms with Gasteiger partial charge in [-0.2, -0.15) is 5.26 Å². The van der Waals surface area contributed by atoms with Crippen LogP contribution in [0.4, 0.5) is 4.39 Å². The third-order valence-electron chi connectivity index (χ3n) is 3.33. The van der Waals surface area contributed by atoms with Crippen LogP contribution >= 0.6 is 0 Å². The first-order chi connectivity index (χ1) is 8.17. The Balaban J connectivity index is 1.97. The summed E-state index contributed by atoms with van der Waals surface area (Å²) in [6, 6.07) is 6.54. The highest BCUT2D eigenvalue weighted by Gasteiger charge is 2.19. The molecule has 0 atom stereocenters. The van der Waals surface area contributed by atoms with E-state index in [1.165, 1.54) is 31.4 Å². The predicted octanol–water partition coefficient (Wildman–Crippen LogP) is 2.93. The van der Waals surface area contributed by atoms with Gasteiger partial charge in [0.05, 0.1) is 11.6 Å². The molecule has 1 saturated carbocycles. The summed E-state index contributed by atoms with van der Waals surface area (Å²) in [5.74, 6) is 0.486. The van der Waals surface area contributed by atoms with E-state index in [1.54, 1.807) is 6.07 Å². The number of halogens is 1. The van der Waals surface area contributed by atoms with Gasteiger partial charge in [0.2, 0.25) is 0 Å². The first-order valence-corrected chi connectivity index (χ1v) is 6.05. The van der Waals surface area contributed by atoms with Gasteiger partial charge in [0.25, 0.3) is 0 Å². The molecule has 2 nitrogen and oxygen atoms in total. The van der Waals surface area contributed by atoms with E-state index in [0.29, 0.717) is 12.1 Å². The van der Waals surface area contributed by atoms with Crippen molar-refractivity contribution in [1.82, 2.24) is 4.90 Å². The van der Waals surface area contributed by atoms with Gasteiger partial charge >= 0.3 is 0 Å². The zero-order chi connectivity index (χ0) is 12.3. The van der Waals surface area contributed by atoms with E-state index in [4.69, 9.17) is 5.26 Å². The summed E-state index contributed by atoms with van der Waals surface area (Å²) in [6.45, 7) is 1.78. The van der Waals surface area contributed by atoms with Crippen molar-refractivity contribution < 1.29 is 4.39 Å². The van der Waals surface area contributed by atoms with E-state index in [2.05, 4.69) is 11.9 Å². The maximum Gasteiger partial charge on any atom is 0.124 e. The van der Waals surface area contributed by atoms with Gasteiger partial charge in [-0.3, -0.25) is 0 Å². The highest BCUT2D eigenvalue weighted by molar-refractivity contribution is 5.33. The van der Waals surface area contributed by atoms with Gasteiger partial charge < -0.3 is 4.90 Å². The van der Waals surface area contributed by atoms with Crippen molar-refractivity contribution in [3.8, 4) is 6.07 Å². The molecule has 0 spiro atoms. The standard InChI is InChI=1S/C14H17FN2/c1-17(9-11-3-2-4-11)10-13-5-12(8-16)6-14(15)7-13/h5-7,11H,2-4,9-10H2,1H3. The van der Waals surface area contributed by atoms with Gasteiger partial charge in [0, 0.05) is 13.1 Å². The van der Waals surface area contributed by atoms with Crippen LogP contribution in [0, 0.1) is 23.1 Å². The lowest BCUT2D eigenvalue weighted by Crippen LogP contribution is -2.29. The van der Waals surface area contributed by atoms with Crippen LogP contribution in [0.15, 0.2) is 18.2 Å². The molecule has 0 bridgehead atoms. The average molecular weight is 232 g/mol. The first kappa shape index (κ1) is 12.1. The van der Waals surface area contributed by atoms with Gasteiger partial charge in [0.15, 0.2) is 0 Å². The first-order valence-electron chi connectivity index (χ1n) is 6.05. The third-order valence-corrected chi connectivity index (χ3v) is 3.33. The van der Waals surface area contributed by atoms with E-state index in [0.717, 1.165) is 18.0 Å². The van der Waals surface area contributed by atoms with Crippen LogP contribution in [-0.2, 0) is 6.54 Å². The SMILES string of the molecule is CN(Cc1cc(F)cc(C#N)c1)CC1CCC1. The molecule has 2 rings (SSSR count). The maximum atomic E-state index is 13.2. The fraction of sp³-hybridized carbons (Fsp3) is 0.500. The fourth-order valence-electron chi connectivity index (χ4n) is 2.30. The monoisotopic (exact) mass is 232 g/mol. The Morgan fingerprint density at radius 2 is 2.18 bits per heavy atom. The Labute approximate surface area is 102 Å². The zero-order valence-corrected chi connectivity index (χ0v) is 10.1. The minimum Gasteiger partial charge on any atom is -0.302 e. The molecule has 0 unspecified atom stereocenters. The number of benzene rings is 1. The number of rotatable bonds is 4. The van der Waals surface area contributed by atoms with Crippen molar-refractivity contribution in [1.29, 1.82) is 5.26 Å². The molecule has 0 N–H and O–H groups in total. The predicted molar refractivity (Wildman–Crippen MR) is 64.8 cm³/mol. The molecule has 1 aromatic rings. The summed E-state index contributed by atoms with van der Waals surface area (Å²) in [7, 11) is 2.05. The Morgan fingerprint density at radius 1 is 1.41 bits per heavy atom. The number of nitriles is 1. The molecule has 90 valence electrons. The molecule has 0 saturated heterocycles. The van der Waals surface area contributed by atoms with E-state index in [9.17, 15) is 4.39 Å².